The monoisotopic (exact) mass is 596 g/mol. The first-order chi connectivity index (χ1) is 16.9. The number of ketones is 1. The molecule has 0 amide bonds. The molecular weight excluding hydrogens is 572 g/mol. The van der Waals surface area contributed by atoms with Crippen LogP contribution in [0.1, 0.15) is 46.1 Å². The third kappa shape index (κ3) is 6.17. The van der Waals surface area contributed by atoms with Crippen LogP contribution in [-0.4, -0.2) is 53.1 Å². The van der Waals surface area contributed by atoms with Gasteiger partial charge in [0.25, 0.3) is 0 Å². The zero-order valence-electron chi connectivity index (χ0n) is 19.2. The lowest BCUT2D eigenvalue weighted by molar-refractivity contribution is 0.100. The van der Waals surface area contributed by atoms with Crippen molar-refractivity contribution in [2.24, 2.45) is 11.1 Å². The minimum absolute atomic E-state index is 0.233. The van der Waals surface area contributed by atoms with Crippen LogP contribution in [0.15, 0.2) is 52.7 Å². The number of anilines is 1. The Hall–Kier alpha value is -2.26. The van der Waals surface area contributed by atoms with E-state index in [0.717, 1.165) is 4.47 Å². The zero-order chi connectivity index (χ0) is 26.1. The number of nitrogens with two attached hydrogens (primary N) is 1. The second kappa shape index (κ2) is 10.6. The SMILES string of the molecule is C[C@](O)(c1cccc(Br)c1)c1csc(C(=O)c2cncnc2N[C@@H]2C[C@H](COS(N)(=O)=O)[C@@H](O)C2)c1. The summed E-state index contributed by atoms with van der Waals surface area (Å²) in [4.78, 5) is 22.0. The molecule has 0 radical (unpaired) electrons. The van der Waals surface area contributed by atoms with Crippen molar-refractivity contribution in [2.45, 2.75) is 37.5 Å². The van der Waals surface area contributed by atoms with Crippen LogP contribution in [0.5, 0.6) is 0 Å². The number of hydrogen-bond acceptors (Lipinski definition) is 10. The van der Waals surface area contributed by atoms with Crippen molar-refractivity contribution in [1.82, 2.24) is 9.97 Å². The van der Waals surface area contributed by atoms with Crippen molar-refractivity contribution >= 4 is 49.2 Å². The van der Waals surface area contributed by atoms with Gasteiger partial charge in [0.1, 0.15) is 17.7 Å². The molecular formula is C23H25BrN4O6S2. The summed E-state index contributed by atoms with van der Waals surface area (Å²) in [6, 6.07) is 8.72. The first-order valence-electron chi connectivity index (χ1n) is 11.0. The van der Waals surface area contributed by atoms with Gasteiger partial charge in [-0.25, -0.2) is 15.1 Å². The summed E-state index contributed by atoms with van der Waals surface area (Å²) in [6.07, 6.45) is 2.63. The standard InChI is InChI=1S/C23H25BrN4O6S2/c1-23(31,14-3-2-4-16(24)6-14)15-7-20(35-11-15)21(30)18-9-26-12-27-22(18)28-17-5-13(19(29)8-17)10-34-36(25,32)33/h2-4,6-7,9,11-13,17,19,29,31H,5,8,10H2,1H3,(H2,25,32,33)(H,26,27,28)/t13-,17-,19+,23+/m1/s1. The number of hydrogen-bond donors (Lipinski definition) is 4. The van der Waals surface area contributed by atoms with Gasteiger partial charge in [-0.05, 0) is 54.5 Å². The van der Waals surface area contributed by atoms with Crippen molar-refractivity contribution in [3.8, 4) is 0 Å². The maximum atomic E-state index is 13.4. The molecule has 4 atom stereocenters. The molecule has 1 aromatic carbocycles. The highest BCUT2D eigenvalue weighted by molar-refractivity contribution is 9.10. The molecule has 1 fully saturated rings. The van der Waals surface area contributed by atoms with E-state index in [4.69, 9.17) is 5.14 Å². The van der Waals surface area contributed by atoms with Crippen LogP contribution in [0.25, 0.3) is 0 Å². The summed E-state index contributed by atoms with van der Waals surface area (Å²) in [5.74, 6) is -0.456. The molecule has 36 heavy (non-hydrogen) atoms. The fourth-order valence-corrected chi connectivity index (χ4v) is 5.91. The Balaban J connectivity index is 1.50. The van der Waals surface area contributed by atoms with Gasteiger partial charge < -0.3 is 15.5 Å². The number of carbonyl (C=O) groups excluding carboxylic acids is 1. The smallest absolute Gasteiger partial charge is 0.333 e. The van der Waals surface area contributed by atoms with E-state index in [1.54, 1.807) is 18.4 Å². The Bertz CT molecular complexity index is 1360. The summed E-state index contributed by atoms with van der Waals surface area (Å²) < 4.78 is 27.6. The molecule has 1 aliphatic carbocycles. The lowest BCUT2D eigenvalue weighted by atomic mass is 9.90. The molecule has 0 unspecified atom stereocenters. The third-order valence-electron chi connectivity index (χ3n) is 6.17. The van der Waals surface area contributed by atoms with Gasteiger partial charge in [-0.1, -0.05) is 28.1 Å². The minimum atomic E-state index is -4.10. The zero-order valence-corrected chi connectivity index (χ0v) is 22.4. The summed E-state index contributed by atoms with van der Waals surface area (Å²) in [5.41, 5.74) is 0.199. The van der Waals surface area contributed by atoms with Crippen LogP contribution in [0.3, 0.4) is 0 Å². The predicted molar refractivity (Wildman–Crippen MR) is 138 cm³/mol. The molecule has 3 aromatic rings. The number of rotatable bonds is 9. The Morgan fingerprint density at radius 1 is 1.33 bits per heavy atom. The summed E-state index contributed by atoms with van der Waals surface area (Å²) in [5, 5.41) is 31.3. The lowest BCUT2D eigenvalue weighted by Gasteiger charge is -2.23. The van der Waals surface area contributed by atoms with Crippen LogP contribution in [0, 0.1) is 5.92 Å². The molecule has 0 aliphatic heterocycles. The van der Waals surface area contributed by atoms with E-state index in [-0.39, 0.29) is 24.0 Å². The molecule has 2 heterocycles. The Labute approximate surface area is 220 Å². The van der Waals surface area contributed by atoms with Gasteiger partial charge in [0.15, 0.2) is 0 Å². The van der Waals surface area contributed by atoms with E-state index >= 15 is 0 Å². The van der Waals surface area contributed by atoms with Gasteiger partial charge in [0.2, 0.25) is 5.78 Å². The molecule has 0 spiro atoms. The van der Waals surface area contributed by atoms with E-state index in [1.165, 1.54) is 23.9 Å². The number of benzene rings is 1. The minimum Gasteiger partial charge on any atom is -0.393 e. The van der Waals surface area contributed by atoms with Crippen LogP contribution < -0.4 is 10.5 Å². The van der Waals surface area contributed by atoms with Crippen molar-refractivity contribution < 1.29 is 27.6 Å². The predicted octanol–water partition coefficient (Wildman–Crippen LogP) is 2.56. The highest BCUT2D eigenvalue weighted by atomic mass is 79.9. The van der Waals surface area contributed by atoms with Crippen molar-refractivity contribution in [2.75, 3.05) is 11.9 Å². The molecule has 0 bridgehead atoms. The van der Waals surface area contributed by atoms with Gasteiger partial charge in [0.05, 0.1) is 23.2 Å². The first kappa shape index (κ1) is 26.8. The highest BCUT2D eigenvalue weighted by Gasteiger charge is 2.35. The van der Waals surface area contributed by atoms with Crippen molar-refractivity contribution in [1.29, 1.82) is 0 Å². The fourth-order valence-electron chi connectivity index (χ4n) is 4.19. The van der Waals surface area contributed by atoms with Crippen molar-refractivity contribution in [3.63, 3.8) is 0 Å². The number of halogens is 1. The number of aliphatic hydroxyl groups is 2. The molecule has 1 saturated carbocycles. The Morgan fingerprint density at radius 3 is 2.83 bits per heavy atom. The van der Waals surface area contributed by atoms with Gasteiger partial charge in [-0.3, -0.25) is 8.98 Å². The number of aliphatic hydroxyl groups excluding tert-OH is 1. The molecule has 10 nitrogen and oxygen atoms in total. The van der Waals surface area contributed by atoms with E-state index < -0.39 is 27.9 Å². The van der Waals surface area contributed by atoms with E-state index in [0.29, 0.717) is 34.7 Å². The van der Waals surface area contributed by atoms with Crippen LogP contribution in [-0.2, 0) is 20.1 Å². The molecule has 1 aliphatic rings. The van der Waals surface area contributed by atoms with Crippen molar-refractivity contribution in [3.05, 3.63) is 74.3 Å². The second-order valence-electron chi connectivity index (χ2n) is 8.81. The number of nitrogens with one attached hydrogen (secondary N) is 1. The van der Waals surface area contributed by atoms with Gasteiger partial charge in [-0.15, -0.1) is 11.3 Å². The number of carbonyl (C=O) groups is 1. The van der Waals surface area contributed by atoms with Crippen LogP contribution >= 0.6 is 27.3 Å². The molecule has 13 heteroatoms. The maximum absolute atomic E-state index is 13.4. The first-order valence-corrected chi connectivity index (χ1v) is 14.1. The van der Waals surface area contributed by atoms with Gasteiger partial charge >= 0.3 is 10.3 Å². The third-order valence-corrected chi connectivity index (χ3v) is 8.06. The molecule has 0 saturated heterocycles. The lowest BCUT2D eigenvalue weighted by Crippen LogP contribution is -2.24. The molecule has 5 N–H and O–H groups in total. The Morgan fingerprint density at radius 2 is 2.11 bits per heavy atom. The highest BCUT2D eigenvalue weighted by Crippen LogP contribution is 2.35. The van der Waals surface area contributed by atoms with E-state index in [9.17, 15) is 23.4 Å². The largest absolute Gasteiger partial charge is 0.393 e. The molecule has 192 valence electrons. The molecule has 4 rings (SSSR count). The summed E-state index contributed by atoms with van der Waals surface area (Å²) in [7, 11) is -4.10. The van der Waals surface area contributed by atoms with Gasteiger partial charge in [-0.2, -0.15) is 8.42 Å². The second-order valence-corrected chi connectivity index (χ2v) is 11.9. The Kier molecular flexibility index (Phi) is 7.90. The van der Waals surface area contributed by atoms with Crippen LogP contribution in [0.2, 0.25) is 0 Å². The quantitative estimate of drug-likeness (QED) is 0.271. The fraction of sp³-hybridized carbons (Fsp3) is 0.348. The normalized spacial score (nSPS) is 21.8. The van der Waals surface area contributed by atoms with Crippen LogP contribution in [0.4, 0.5) is 5.82 Å². The topological polar surface area (TPSA) is 165 Å². The number of thiophene rings is 1. The summed E-state index contributed by atoms with van der Waals surface area (Å²) in [6.45, 7) is 1.44. The average molecular weight is 598 g/mol. The molecule has 2 aromatic heterocycles. The van der Waals surface area contributed by atoms with E-state index in [2.05, 4.69) is 35.4 Å². The number of aromatic nitrogens is 2. The van der Waals surface area contributed by atoms with E-state index in [1.807, 2.05) is 24.3 Å². The average Bonchev–Trinajstić information content (AvgIpc) is 3.44. The summed E-state index contributed by atoms with van der Waals surface area (Å²) >= 11 is 4.63. The van der Waals surface area contributed by atoms with Gasteiger partial charge in [0, 0.05) is 22.6 Å². The number of nitrogens with zero attached hydrogens (tertiary/aromatic N) is 2. The maximum Gasteiger partial charge on any atom is 0.333 e.